The van der Waals surface area contributed by atoms with E-state index in [1.807, 2.05) is 42.5 Å². The number of aliphatic imine (C=N–C) groups is 1. The normalized spacial score (nSPS) is 17.4. The van der Waals surface area contributed by atoms with Crippen molar-refractivity contribution < 1.29 is 4.74 Å². The maximum atomic E-state index is 6.41. The monoisotopic (exact) mass is 429 g/mol. The zero-order chi connectivity index (χ0) is 22.4. The molecule has 1 aromatic heterocycles. The summed E-state index contributed by atoms with van der Waals surface area (Å²) in [5, 5.41) is 0. The van der Waals surface area contributed by atoms with Crippen LogP contribution in [-0.2, 0) is 0 Å². The number of nitrogens with two attached hydrogens (primary N) is 3. The number of anilines is 3. The second-order valence-corrected chi connectivity index (χ2v) is 8.62. The van der Waals surface area contributed by atoms with Gasteiger partial charge in [-0.25, -0.2) is 9.98 Å². The van der Waals surface area contributed by atoms with Crippen molar-refractivity contribution in [3.05, 3.63) is 48.0 Å². The Kier molecular flexibility index (Phi) is 4.84. The Morgan fingerprint density at radius 1 is 1.03 bits per heavy atom. The largest absolute Gasteiger partial charge is 0.454 e. The fourth-order valence-corrected chi connectivity index (χ4v) is 4.60. The van der Waals surface area contributed by atoms with E-state index in [1.165, 1.54) is 0 Å². The lowest BCUT2D eigenvalue weighted by Gasteiger charge is -2.29. The summed E-state index contributed by atoms with van der Waals surface area (Å²) < 4.78 is 6.16. The summed E-state index contributed by atoms with van der Waals surface area (Å²) in [6, 6.07) is 13.6. The quantitative estimate of drug-likeness (QED) is 0.535. The highest BCUT2D eigenvalue weighted by molar-refractivity contribution is 6.07. The summed E-state index contributed by atoms with van der Waals surface area (Å²) in [5.41, 5.74) is 22.0. The number of amidine groups is 1. The minimum absolute atomic E-state index is 0.229. The molecule has 2 aromatic carbocycles. The van der Waals surface area contributed by atoms with Gasteiger partial charge in [-0.15, -0.1) is 0 Å². The predicted molar refractivity (Wildman–Crippen MR) is 128 cm³/mol. The molecule has 1 fully saturated rings. The van der Waals surface area contributed by atoms with Crippen molar-refractivity contribution in [2.75, 3.05) is 22.9 Å². The van der Waals surface area contributed by atoms with Crippen LogP contribution in [0.3, 0.4) is 0 Å². The van der Waals surface area contributed by atoms with Crippen LogP contribution in [0, 0.1) is 5.92 Å². The van der Waals surface area contributed by atoms with Gasteiger partial charge in [0, 0.05) is 29.9 Å². The molecule has 32 heavy (non-hydrogen) atoms. The molecule has 8 heteroatoms. The second-order valence-electron chi connectivity index (χ2n) is 8.62. The highest BCUT2D eigenvalue weighted by Gasteiger charge is 2.29. The Morgan fingerprint density at radius 2 is 1.84 bits per heavy atom. The lowest BCUT2D eigenvalue weighted by Crippen LogP contribution is -2.34. The maximum absolute atomic E-state index is 6.41. The van der Waals surface area contributed by atoms with Gasteiger partial charge in [-0.1, -0.05) is 26.0 Å². The summed E-state index contributed by atoms with van der Waals surface area (Å²) in [6.07, 6.45) is 2.29. The molecule has 2 aliphatic heterocycles. The van der Waals surface area contributed by atoms with Gasteiger partial charge in [0.25, 0.3) is 0 Å². The van der Waals surface area contributed by atoms with Gasteiger partial charge in [0.05, 0.1) is 11.3 Å². The molecule has 8 nitrogen and oxygen atoms in total. The van der Waals surface area contributed by atoms with Gasteiger partial charge < -0.3 is 26.8 Å². The van der Waals surface area contributed by atoms with Crippen molar-refractivity contribution in [1.82, 2.24) is 9.97 Å². The van der Waals surface area contributed by atoms with E-state index in [0.717, 1.165) is 30.8 Å². The first-order valence-electron chi connectivity index (χ1n) is 10.9. The van der Waals surface area contributed by atoms with Gasteiger partial charge in [0.15, 0.2) is 5.75 Å². The summed E-state index contributed by atoms with van der Waals surface area (Å²) in [4.78, 5) is 15.8. The average Bonchev–Trinajstić information content (AvgIpc) is 3.19. The first-order chi connectivity index (χ1) is 15.4. The van der Waals surface area contributed by atoms with Gasteiger partial charge in [0.1, 0.15) is 23.1 Å². The smallest absolute Gasteiger partial charge is 0.222 e. The number of benzene rings is 2. The van der Waals surface area contributed by atoms with E-state index >= 15 is 0 Å². The van der Waals surface area contributed by atoms with Crippen molar-refractivity contribution in [1.29, 1.82) is 0 Å². The van der Waals surface area contributed by atoms with E-state index in [9.17, 15) is 0 Å². The highest BCUT2D eigenvalue weighted by Crippen LogP contribution is 2.41. The molecule has 0 amide bonds. The Hall–Kier alpha value is -3.81. The number of nitrogen functional groups attached to an aromatic ring is 2. The van der Waals surface area contributed by atoms with Crippen molar-refractivity contribution in [3.8, 4) is 22.8 Å². The molecule has 0 radical (unpaired) electrons. The molecule has 0 aliphatic carbocycles. The molecule has 0 saturated carbocycles. The molecular weight excluding hydrogens is 402 g/mol. The van der Waals surface area contributed by atoms with Crippen LogP contribution in [0.15, 0.2) is 47.5 Å². The van der Waals surface area contributed by atoms with E-state index < -0.39 is 0 Å². The summed E-state index contributed by atoms with van der Waals surface area (Å²) >= 11 is 0. The zero-order valence-electron chi connectivity index (χ0n) is 18.2. The molecule has 164 valence electrons. The molecule has 2 aliphatic rings. The number of hydrogen-bond acceptors (Lipinski definition) is 8. The molecule has 3 heterocycles. The maximum Gasteiger partial charge on any atom is 0.222 e. The number of nitrogens with zero attached hydrogens (tertiary/aromatic N) is 4. The van der Waals surface area contributed by atoms with Crippen LogP contribution in [0.25, 0.3) is 11.3 Å². The third kappa shape index (κ3) is 3.47. The Balaban J connectivity index is 1.59. The highest BCUT2D eigenvalue weighted by atomic mass is 16.5. The Bertz CT molecular complexity index is 1220. The Morgan fingerprint density at radius 3 is 2.66 bits per heavy atom. The van der Waals surface area contributed by atoms with E-state index in [4.69, 9.17) is 21.9 Å². The molecule has 0 bridgehead atoms. The number of rotatable bonds is 3. The van der Waals surface area contributed by atoms with Gasteiger partial charge in [-0.3, -0.25) is 0 Å². The number of aromatic nitrogens is 2. The van der Waals surface area contributed by atoms with Crippen molar-refractivity contribution in [2.24, 2.45) is 16.6 Å². The lowest BCUT2D eigenvalue weighted by molar-refractivity contribution is 0.485. The molecule has 0 spiro atoms. The molecule has 3 aromatic rings. The first kappa shape index (κ1) is 20.1. The number of ether oxygens (including phenoxy) is 1. The van der Waals surface area contributed by atoms with Crippen molar-refractivity contribution >= 4 is 29.0 Å². The fourth-order valence-electron chi connectivity index (χ4n) is 4.60. The van der Waals surface area contributed by atoms with Crippen LogP contribution in [0.2, 0.25) is 0 Å². The molecule has 6 N–H and O–H groups in total. The number of hydrogen-bond donors (Lipinski definition) is 3. The molecule has 1 saturated heterocycles. The minimum Gasteiger partial charge on any atom is -0.454 e. The average molecular weight is 430 g/mol. The SMILES string of the molecule is CC(C)C1CCCN1c1cc(-c2cc(N)c3c(c2)Oc2ccccc2N=C3N)nc(N)n1. The van der Waals surface area contributed by atoms with Crippen LogP contribution >= 0.6 is 0 Å². The number of fused-ring (bicyclic) bond motifs is 2. The third-order valence-electron chi connectivity index (χ3n) is 6.10. The summed E-state index contributed by atoms with van der Waals surface area (Å²) in [5.74, 6) is 3.05. The van der Waals surface area contributed by atoms with Gasteiger partial charge in [-0.2, -0.15) is 4.98 Å². The number of para-hydroxylation sites is 2. The minimum atomic E-state index is 0.229. The summed E-state index contributed by atoms with van der Waals surface area (Å²) in [7, 11) is 0. The van der Waals surface area contributed by atoms with Crippen molar-refractivity contribution in [3.63, 3.8) is 0 Å². The van der Waals surface area contributed by atoms with E-state index in [-0.39, 0.29) is 5.95 Å². The van der Waals surface area contributed by atoms with Crippen LogP contribution < -0.4 is 26.8 Å². The van der Waals surface area contributed by atoms with Crippen LogP contribution in [0.1, 0.15) is 32.3 Å². The Labute approximate surface area is 187 Å². The van der Waals surface area contributed by atoms with E-state index in [2.05, 4.69) is 33.7 Å². The second kappa shape index (κ2) is 7.71. The standard InChI is InChI=1S/C24H27N7O/c1-13(2)18-7-5-9-31(18)21-12-17(29-24(27)30-21)14-10-15(25)22-20(11-14)32-19-8-4-3-6-16(19)28-23(22)26/h3-4,6,8,10-13,18H,5,7,9,25H2,1-2H3,(H2,26,28)(H2,27,29,30). The molecule has 5 rings (SSSR count). The molecular formula is C24H27N7O. The zero-order valence-corrected chi connectivity index (χ0v) is 18.2. The molecule has 1 atom stereocenters. The third-order valence-corrected chi connectivity index (χ3v) is 6.10. The lowest BCUT2D eigenvalue weighted by atomic mass is 10.0. The van der Waals surface area contributed by atoms with Gasteiger partial charge >= 0.3 is 0 Å². The van der Waals surface area contributed by atoms with E-state index in [1.54, 1.807) is 0 Å². The fraction of sp³-hybridized carbons (Fsp3) is 0.292. The van der Waals surface area contributed by atoms with Crippen LogP contribution in [0.5, 0.6) is 11.5 Å². The predicted octanol–water partition coefficient (Wildman–Crippen LogP) is 4.08. The van der Waals surface area contributed by atoms with E-state index in [0.29, 0.717) is 51.9 Å². The van der Waals surface area contributed by atoms with Crippen LogP contribution in [0.4, 0.5) is 23.1 Å². The van der Waals surface area contributed by atoms with Crippen LogP contribution in [-0.4, -0.2) is 28.4 Å². The first-order valence-corrected chi connectivity index (χ1v) is 10.9. The van der Waals surface area contributed by atoms with Gasteiger partial charge in [-0.05, 0) is 43.0 Å². The topological polar surface area (TPSA) is 129 Å². The van der Waals surface area contributed by atoms with Gasteiger partial charge in [0.2, 0.25) is 5.95 Å². The molecule has 1 unspecified atom stereocenters. The summed E-state index contributed by atoms with van der Waals surface area (Å²) in [6.45, 7) is 5.43. The van der Waals surface area contributed by atoms with Crippen molar-refractivity contribution in [2.45, 2.75) is 32.7 Å².